The van der Waals surface area contributed by atoms with E-state index in [0.29, 0.717) is 17.4 Å². The Kier molecular flexibility index (Phi) is 43.5. The van der Waals surface area contributed by atoms with E-state index in [2.05, 4.69) is 123 Å². The third-order valence-electron chi connectivity index (χ3n) is 10.1. The zero-order chi connectivity index (χ0) is 47.8. The van der Waals surface area contributed by atoms with Gasteiger partial charge in [0.25, 0.3) is 7.82 Å². The number of unbranched alkanes of at least 4 members (excludes halogenated alkanes) is 12. The van der Waals surface area contributed by atoms with Gasteiger partial charge in [0.05, 0.1) is 27.7 Å². The summed E-state index contributed by atoms with van der Waals surface area (Å²) in [4.78, 5) is 37.5. The number of hydrogen-bond donors (Lipinski definition) is 0. The highest BCUT2D eigenvalue weighted by Crippen LogP contribution is 2.38. The fraction of sp³-hybridized carbons (Fsp3) is 0.636. The molecular weight excluding hydrogens is 834 g/mol. The molecule has 2 atom stereocenters. The number of quaternary nitrogens is 1. The van der Waals surface area contributed by atoms with E-state index in [1.54, 1.807) is 0 Å². The highest BCUT2D eigenvalue weighted by Gasteiger charge is 2.21. The summed E-state index contributed by atoms with van der Waals surface area (Å²) < 4.78 is 33.8. The van der Waals surface area contributed by atoms with Crippen LogP contribution in [-0.4, -0.2) is 70.0 Å². The van der Waals surface area contributed by atoms with Gasteiger partial charge in [0.15, 0.2) is 6.10 Å². The molecule has 2 unspecified atom stereocenters. The molecular formula is C55H92NO8P. The molecule has 0 aromatic carbocycles. The van der Waals surface area contributed by atoms with Gasteiger partial charge in [-0.15, -0.1) is 0 Å². The Bertz CT molecular complexity index is 1470. The molecule has 0 aromatic rings. The summed E-state index contributed by atoms with van der Waals surface area (Å²) in [6, 6.07) is 0. The number of allylic oxidation sites excluding steroid dienone is 18. The van der Waals surface area contributed by atoms with Gasteiger partial charge in [-0.1, -0.05) is 187 Å². The minimum atomic E-state index is -4.63. The molecule has 0 aliphatic rings. The van der Waals surface area contributed by atoms with Crippen molar-refractivity contribution >= 4 is 19.8 Å². The average molecular weight is 926 g/mol. The van der Waals surface area contributed by atoms with Crippen LogP contribution in [0.2, 0.25) is 0 Å². The predicted molar refractivity (Wildman–Crippen MR) is 272 cm³/mol. The first-order valence-electron chi connectivity index (χ1n) is 25.1. The van der Waals surface area contributed by atoms with Crippen LogP contribution in [0.1, 0.15) is 174 Å². The molecule has 10 heteroatoms. The number of hydrogen-bond acceptors (Lipinski definition) is 8. The number of ether oxygens (including phenoxy) is 2. The molecule has 0 aliphatic carbocycles. The molecule has 0 spiro atoms. The van der Waals surface area contributed by atoms with E-state index < -0.39 is 32.5 Å². The molecule has 370 valence electrons. The van der Waals surface area contributed by atoms with Gasteiger partial charge < -0.3 is 27.9 Å². The van der Waals surface area contributed by atoms with Gasteiger partial charge in [-0.25, -0.2) is 0 Å². The lowest BCUT2D eigenvalue weighted by molar-refractivity contribution is -0.870. The van der Waals surface area contributed by atoms with E-state index in [9.17, 15) is 19.0 Å². The summed E-state index contributed by atoms with van der Waals surface area (Å²) in [7, 11) is 1.13. The Morgan fingerprint density at radius 2 is 0.877 bits per heavy atom. The average Bonchev–Trinajstić information content (AvgIpc) is 3.26. The second-order valence-electron chi connectivity index (χ2n) is 17.5. The van der Waals surface area contributed by atoms with E-state index >= 15 is 0 Å². The van der Waals surface area contributed by atoms with Gasteiger partial charge in [0.1, 0.15) is 19.8 Å². The lowest BCUT2D eigenvalue weighted by Crippen LogP contribution is -2.37. The van der Waals surface area contributed by atoms with E-state index in [-0.39, 0.29) is 26.1 Å². The van der Waals surface area contributed by atoms with Crippen molar-refractivity contribution < 1.29 is 42.1 Å². The molecule has 0 radical (unpaired) electrons. The largest absolute Gasteiger partial charge is 0.756 e. The normalized spacial score (nSPS) is 14.4. The third kappa shape index (κ3) is 49.9. The molecule has 9 nitrogen and oxygen atoms in total. The first-order chi connectivity index (χ1) is 31.5. The Morgan fingerprint density at radius 1 is 0.492 bits per heavy atom. The van der Waals surface area contributed by atoms with E-state index in [4.69, 9.17) is 18.5 Å². The first-order valence-corrected chi connectivity index (χ1v) is 26.6. The van der Waals surface area contributed by atoms with Crippen molar-refractivity contribution in [3.8, 4) is 0 Å². The van der Waals surface area contributed by atoms with Gasteiger partial charge in [-0.2, -0.15) is 0 Å². The predicted octanol–water partition coefficient (Wildman–Crippen LogP) is 14.4. The van der Waals surface area contributed by atoms with E-state index in [1.165, 1.54) is 32.1 Å². The Hall–Kier alpha value is -3.33. The maximum absolute atomic E-state index is 12.7. The van der Waals surface area contributed by atoms with Gasteiger partial charge in [0.2, 0.25) is 0 Å². The maximum Gasteiger partial charge on any atom is 0.306 e. The number of rotatable bonds is 44. The fourth-order valence-corrected chi connectivity index (χ4v) is 6.90. The van der Waals surface area contributed by atoms with Crippen molar-refractivity contribution in [1.29, 1.82) is 0 Å². The monoisotopic (exact) mass is 926 g/mol. The van der Waals surface area contributed by atoms with Crippen LogP contribution in [0.15, 0.2) is 109 Å². The minimum Gasteiger partial charge on any atom is -0.756 e. The topological polar surface area (TPSA) is 111 Å². The van der Waals surface area contributed by atoms with Crippen LogP contribution in [-0.2, 0) is 32.7 Å². The molecule has 0 heterocycles. The number of likely N-dealkylation sites (N-methyl/N-ethyl adjacent to an activating group) is 1. The number of nitrogens with zero attached hydrogens (tertiary/aromatic N) is 1. The van der Waals surface area contributed by atoms with Crippen LogP contribution in [0.3, 0.4) is 0 Å². The summed E-state index contributed by atoms with van der Waals surface area (Å²) in [6.07, 6.45) is 62.9. The Balaban J connectivity index is 4.19. The molecule has 0 bridgehead atoms. The number of carbonyl (C=O) groups is 2. The van der Waals surface area contributed by atoms with Crippen LogP contribution < -0.4 is 4.89 Å². The number of esters is 2. The fourth-order valence-electron chi connectivity index (χ4n) is 6.17. The standard InChI is InChI=1S/C55H92NO8P/c1-6-8-10-12-14-16-17-18-19-20-21-22-23-24-25-26-27-28-29-30-31-32-33-34-35-36-37-38-39-40-42-44-46-48-55(58)64-53(52-63-65(59,60)62-50-49-56(3,4)5)51-61-54(57)47-45-43-41-15-13-11-9-7-2/h8,10,14,16,18-19,21-22,24-25,27-28,30-31,33-34,36-37,53H,6-7,9,11-13,15,17,20,23,26,29,32,35,38-52H2,1-5H3/b10-8-,16-14-,19-18-,22-21-,25-24-,28-27-,31-30-,34-33-,37-36-. The van der Waals surface area contributed by atoms with Crippen molar-refractivity contribution in [2.24, 2.45) is 0 Å². The highest BCUT2D eigenvalue weighted by molar-refractivity contribution is 7.45. The van der Waals surface area contributed by atoms with Gasteiger partial charge in [-0.05, 0) is 83.5 Å². The first kappa shape index (κ1) is 61.7. The van der Waals surface area contributed by atoms with E-state index in [1.807, 2.05) is 21.1 Å². The van der Waals surface area contributed by atoms with Crippen LogP contribution in [0, 0.1) is 0 Å². The molecule has 0 aliphatic heterocycles. The van der Waals surface area contributed by atoms with Gasteiger partial charge >= 0.3 is 11.9 Å². The van der Waals surface area contributed by atoms with Crippen molar-refractivity contribution in [2.75, 3.05) is 47.5 Å². The molecule has 0 aromatic heterocycles. The second-order valence-corrected chi connectivity index (χ2v) is 18.9. The number of carbonyl (C=O) groups excluding carboxylic acids is 2. The summed E-state index contributed by atoms with van der Waals surface area (Å²) >= 11 is 0. The summed E-state index contributed by atoms with van der Waals surface area (Å²) in [5.41, 5.74) is 0. The van der Waals surface area contributed by atoms with Crippen LogP contribution in [0.5, 0.6) is 0 Å². The van der Waals surface area contributed by atoms with Gasteiger partial charge in [0, 0.05) is 12.8 Å². The van der Waals surface area contributed by atoms with Crippen molar-refractivity contribution in [3.05, 3.63) is 109 Å². The highest BCUT2D eigenvalue weighted by atomic mass is 31.2. The molecule has 0 amide bonds. The SMILES string of the molecule is CC/C=C\C/C=C\C/C=C\C/C=C\C/C=C\C/C=C\C/C=C\C/C=C\C/C=C\CCCCCCCC(=O)OC(COC(=O)CCCCCCCCCC)COP(=O)([O-])OCC[N+](C)(C)C. The maximum atomic E-state index is 12.7. The van der Waals surface area contributed by atoms with Crippen molar-refractivity contribution in [1.82, 2.24) is 0 Å². The van der Waals surface area contributed by atoms with E-state index in [0.717, 1.165) is 109 Å². The molecule has 0 rings (SSSR count). The van der Waals surface area contributed by atoms with Crippen LogP contribution in [0.4, 0.5) is 0 Å². The molecule has 0 N–H and O–H groups in total. The third-order valence-corrected chi connectivity index (χ3v) is 11.0. The summed E-state index contributed by atoms with van der Waals surface area (Å²) in [5.74, 6) is -0.870. The second kappa shape index (κ2) is 45.8. The molecule has 0 saturated heterocycles. The lowest BCUT2D eigenvalue weighted by Gasteiger charge is -2.28. The Labute approximate surface area is 397 Å². The van der Waals surface area contributed by atoms with Crippen LogP contribution >= 0.6 is 7.82 Å². The summed E-state index contributed by atoms with van der Waals surface area (Å²) in [5, 5.41) is 0. The lowest BCUT2D eigenvalue weighted by atomic mass is 10.1. The van der Waals surface area contributed by atoms with Gasteiger partial charge in [-0.3, -0.25) is 14.2 Å². The molecule has 0 fully saturated rings. The molecule has 65 heavy (non-hydrogen) atoms. The zero-order valence-electron chi connectivity index (χ0n) is 41.6. The number of phosphoric acid groups is 1. The smallest absolute Gasteiger partial charge is 0.306 e. The van der Waals surface area contributed by atoms with Crippen molar-refractivity contribution in [3.63, 3.8) is 0 Å². The molecule has 0 saturated carbocycles. The summed E-state index contributed by atoms with van der Waals surface area (Å²) in [6.45, 7) is 4.03. The zero-order valence-corrected chi connectivity index (χ0v) is 42.5. The minimum absolute atomic E-state index is 0.0400. The number of phosphoric ester groups is 1. The Morgan fingerprint density at radius 3 is 1.31 bits per heavy atom. The van der Waals surface area contributed by atoms with Crippen molar-refractivity contribution in [2.45, 2.75) is 180 Å². The quantitative estimate of drug-likeness (QED) is 0.0195. The van der Waals surface area contributed by atoms with Crippen LogP contribution in [0.25, 0.3) is 0 Å².